The van der Waals surface area contributed by atoms with Crippen molar-refractivity contribution in [2.24, 2.45) is 5.92 Å². The number of hydrogen-bond donors (Lipinski definition) is 1. The second kappa shape index (κ2) is 5.29. The molecule has 2 unspecified atom stereocenters. The molecule has 0 bridgehead atoms. The molecule has 1 aliphatic heterocycles. The lowest BCUT2D eigenvalue weighted by atomic mass is 9.84. The third-order valence-corrected chi connectivity index (χ3v) is 3.63. The van der Waals surface area contributed by atoms with Crippen LogP contribution in [0.3, 0.4) is 0 Å². The summed E-state index contributed by atoms with van der Waals surface area (Å²) < 4.78 is 13.3. The van der Waals surface area contributed by atoms with Crippen LogP contribution in [0.15, 0.2) is 18.2 Å². The molecular weight excluding hydrogens is 263 g/mol. The summed E-state index contributed by atoms with van der Waals surface area (Å²) in [6, 6.07) is 4.90. The number of aliphatic carboxylic acids is 1. The molecular formula is C14H13FN2O3. The van der Waals surface area contributed by atoms with Gasteiger partial charge in [-0.1, -0.05) is 6.07 Å². The molecule has 2 atom stereocenters. The van der Waals surface area contributed by atoms with Crippen LogP contribution < -0.4 is 0 Å². The number of halogens is 1. The second-order valence-electron chi connectivity index (χ2n) is 4.78. The number of piperidine rings is 1. The lowest BCUT2D eigenvalue weighted by molar-refractivity contribution is -0.150. The summed E-state index contributed by atoms with van der Waals surface area (Å²) in [4.78, 5) is 24.5. The van der Waals surface area contributed by atoms with E-state index in [1.165, 1.54) is 24.1 Å². The molecule has 104 valence electrons. The number of nitrogens with zero attached hydrogens (tertiary/aromatic N) is 2. The van der Waals surface area contributed by atoms with Gasteiger partial charge < -0.3 is 10.0 Å². The van der Waals surface area contributed by atoms with Crippen molar-refractivity contribution < 1.29 is 19.1 Å². The highest BCUT2D eigenvalue weighted by atomic mass is 19.1. The minimum absolute atomic E-state index is 0.155. The monoisotopic (exact) mass is 276 g/mol. The fourth-order valence-corrected chi connectivity index (χ4v) is 2.57. The van der Waals surface area contributed by atoms with Crippen molar-refractivity contribution in [1.29, 1.82) is 5.26 Å². The van der Waals surface area contributed by atoms with Gasteiger partial charge in [-0.2, -0.15) is 5.26 Å². The zero-order valence-corrected chi connectivity index (χ0v) is 10.8. The SMILES string of the molecule is CN1C(=O)CCC(C(=O)O)C1c1ccc(F)c(C#N)c1. The largest absolute Gasteiger partial charge is 0.481 e. The molecule has 1 heterocycles. The number of likely N-dealkylation sites (tertiary alicyclic amines) is 1. The van der Waals surface area contributed by atoms with Crippen molar-refractivity contribution in [3.05, 3.63) is 35.1 Å². The van der Waals surface area contributed by atoms with E-state index >= 15 is 0 Å². The first-order chi connectivity index (χ1) is 9.45. The first-order valence-corrected chi connectivity index (χ1v) is 6.13. The Balaban J connectivity index is 2.47. The number of benzene rings is 1. The summed E-state index contributed by atoms with van der Waals surface area (Å²) in [5, 5.41) is 18.1. The van der Waals surface area contributed by atoms with Crippen LogP contribution in [-0.2, 0) is 9.59 Å². The smallest absolute Gasteiger partial charge is 0.308 e. The van der Waals surface area contributed by atoms with Crippen LogP contribution in [0.1, 0.15) is 30.0 Å². The molecule has 0 aromatic heterocycles. The minimum Gasteiger partial charge on any atom is -0.481 e. The summed E-state index contributed by atoms with van der Waals surface area (Å²) in [5.74, 6) is -2.57. The second-order valence-corrected chi connectivity index (χ2v) is 4.78. The van der Waals surface area contributed by atoms with Crippen LogP contribution in [-0.4, -0.2) is 28.9 Å². The lowest BCUT2D eigenvalue weighted by Gasteiger charge is -2.37. The van der Waals surface area contributed by atoms with Crippen molar-refractivity contribution >= 4 is 11.9 Å². The summed E-state index contributed by atoms with van der Waals surface area (Å²) in [5.41, 5.74) is 0.309. The number of hydrogen-bond acceptors (Lipinski definition) is 3. The first kappa shape index (κ1) is 14.0. The molecule has 0 saturated carbocycles. The van der Waals surface area contributed by atoms with E-state index in [0.29, 0.717) is 5.56 Å². The molecule has 0 aliphatic carbocycles. The molecule has 1 fully saturated rings. The number of nitriles is 1. The van der Waals surface area contributed by atoms with Gasteiger partial charge in [-0.15, -0.1) is 0 Å². The summed E-state index contributed by atoms with van der Waals surface area (Å²) in [7, 11) is 1.53. The van der Waals surface area contributed by atoms with Crippen LogP contribution in [0.5, 0.6) is 0 Å². The molecule has 20 heavy (non-hydrogen) atoms. The van der Waals surface area contributed by atoms with Crippen LogP contribution in [0, 0.1) is 23.1 Å². The average Bonchev–Trinajstić information content (AvgIpc) is 2.42. The molecule has 5 nitrogen and oxygen atoms in total. The molecule has 1 amide bonds. The predicted molar refractivity (Wildman–Crippen MR) is 67.0 cm³/mol. The van der Waals surface area contributed by atoms with Crippen molar-refractivity contribution in [3.63, 3.8) is 0 Å². The Morgan fingerprint density at radius 1 is 1.55 bits per heavy atom. The standard InChI is InChI=1S/C14H13FN2O3/c1-17-12(18)5-3-10(14(19)20)13(17)8-2-4-11(15)9(6-8)7-16/h2,4,6,10,13H,3,5H2,1H3,(H,19,20). The fraction of sp³-hybridized carbons (Fsp3) is 0.357. The molecule has 1 aliphatic rings. The average molecular weight is 276 g/mol. The normalized spacial score (nSPS) is 22.4. The van der Waals surface area contributed by atoms with E-state index < -0.39 is 23.7 Å². The third kappa shape index (κ3) is 2.35. The van der Waals surface area contributed by atoms with Crippen molar-refractivity contribution in [2.45, 2.75) is 18.9 Å². The van der Waals surface area contributed by atoms with Gasteiger partial charge in [-0.25, -0.2) is 4.39 Å². The van der Waals surface area contributed by atoms with Gasteiger partial charge in [0.25, 0.3) is 0 Å². The van der Waals surface area contributed by atoms with Gasteiger partial charge in [-0.05, 0) is 24.1 Å². The van der Waals surface area contributed by atoms with E-state index in [9.17, 15) is 19.1 Å². The molecule has 1 aromatic rings. The topological polar surface area (TPSA) is 81.4 Å². The summed E-state index contributed by atoms with van der Waals surface area (Å²) in [6.45, 7) is 0. The van der Waals surface area contributed by atoms with Crippen LogP contribution in [0.4, 0.5) is 4.39 Å². The van der Waals surface area contributed by atoms with E-state index in [0.717, 1.165) is 6.07 Å². The number of amides is 1. The highest BCUT2D eigenvalue weighted by Gasteiger charge is 2.39. The van der Waals surface area contributed by atoms with Gasteiger partial charge in [0.2, 0.25) is 5.91 Å². The zero-order chi connectivity index (χ0) is 14.9. The quantitative estimate of drug-likeness (QED) is 0.891. The van der Waals surface area contributed by atoms with Gasteiger partial charge in [0.15, 0.2) is 0 Å². The molecule has 1 N–H and O–H groups in total. The number of carbonyl (C=O) groups is 2. The molecule has 6 heteroatoms. The molecule has 2 rings (SSSR count). The Morgan fingerprint density at radius 3 is 2.85 bits per heavy atom. The lowest BCUT2D eigenvalue weighted by Crippen LogP contribution is -2.43. The maximum atomic E-state index is 13.3. The predicted octanol–water partition coefficient (Wildman–Crippen LogP) is 1.69. The number of carbonyl (C=O) groups excluding carboxylic acids is 1. The minimum atomic E-state index is -1.00. The Labute approximate surface area is 115 Å². The van der Waals surface area contributed by atoms with Crippen LogP contribution >= 0.6 is 0 Å². The van der Waals surface area contributed by atoms with E-state index in [1.807, 2.05) is 0 Å². The highest BCUT2D eigenvalue weighted by Crippen LogP contribution is 2.36. The fourth-order valence-electron chi connectivity index (χ4n) is 2.57. The molecule has 1 aromatic carbocycles. The summed E-state index contributed by atoms with van der Waals surface area (Å²) >= 11 is 0. The van der Waals surface area contributed by atoms with Crippen molar-refractivity contribution in [3.8, 4) is 6.07 Å². The van der Waals surface area contributed by atoms with E-state index in [1.54, 1.807) is 6.07 Å². The Bertz CT molecular complexity index is 609. The number of carboxylic acids is 1. The van der Waals surface area contributed by atoms with Gasteiger partial charge in [-0.3, -0.25) is 9.59 Å². The highest BCUT2D eigenvalue weighted by molar-refractivity contribution is 5.81. The maximum absolute atomic E-state index is 13.3. The van der Waals surface area contributed by atoms with Crippen LogP contribution in [0.25, 0.3) is 0 Å². The van der Waals surface area contributed by atoms with Gasteiger partial charge >= 0.3 is 5.97 Å². The van der Waals surface area contributed by atoms with E-state index in [-0.39, 0.29) is 24.3 Å². The zero-order valence-electron chi connectivity index (χ0n) is 10.8. The number of rotatable bonds is 2. The van der Waals surface area contributed by atoms with Crippen molar-refractivity contribution in [2.75, 3.05) is 7.05 Å². The van der Waals surface area contributed by atoms with Gasteiger partial charge in [0, 0.05) is 13.5 Å². The Hall–Kier alpha value is -2.42. The Kier molecular flexibility index (Phi) is 3.70. The van der Waals surface area contributed by atoms with E-state index in [2.05, 4.69) is 0 Å². The van der Waals surface area contributed by atoms with E-state index in [4.69, 9.17) is 5.26 Å². The third-order valence-electron chi connectivity index (χ3n) is 3.63. The Morgan fingerprint density at radius 2 is 2.25 bits per heavy atom. The molecule has 0 radical (unpaired) electrons. The van der Waals surface area contributed by atoms with Crippen molar-refractivity contribution in [1.82, 2.24) is 4.90 Å². The van der Waals surface area contributed by atoms with Gasteiger partial charge in [0.05, 0.1) is 17.5 Å². The first-order valence-electron chi connectivity index (χ1n) is 6.13. The molecule has 0 spiro atoms. The maximum Gasteiger partial charge on any atom is 0.308 e. The van der Waals surface area contributed by atoms with Crippen LogP contribution in [0.2, 0.25) is 0 Å². The number of carboxylic acid groups (broad SMARTS) is 1. The molecule has 1 saturated heterocycles. The summed E-state index contributed by atoms with van der Waals surface area (Å²) in [6.07, 6.45) is 0.415. The van der Waals surface area contributed by atoms with Gasteiger partial charge in [0.1, 0.15) is 11.9 Å².